The second kappa shape index (κ2) is 6.60. The lowest BCUT2D eigenvalue weighted by molar-refractivity contribution is 0.292. The highest BCUT2D eigenvalue weighted by atomic mass is 16.5. The Bertz CT molecular complexity index is 984. The number of nitrogens with one attached hydrogen (secondary N) is 1. The summed E-state index contributed by atoms with van der Waals surface area (Å²) in [5.41, 5.74) is 2.23. The maximum atomic E-state index is 5.89. The van der Waals surface area contributed by atoms with Crippen LogP contribution >= 0.6 is 0 Å². The van der Waals surface area contributed by atoms with Crippen molar-refractivity contribution in [3.63, 3.8) is 0 Å². The third-order valence-corrected chi connectivity index (χ3v) is 3.59. The van der Waals surface area contributed by atoms with Gasteiger partial charge < -0.3 is 14.5 Å². The van der Waals surface area contributed by atoms with Crippen LogP contribution in [0.3, 0.4) is 0 Å². The summed E-state index contributed by atoms with van der Waals surface area (Å²) in [5, 5.41) is 0. The molecule has 4 aromatic rings. The van der Waals surface area contributed by atoms with E-state index in [2.05, 4.69) is 19.9 Å². The Hall–Kier alpha value is -3.41. The molecule has 124 valence electrons. The van der Waals surface area contributed by atoms with E-state index in [-0.39, 0.29) is 6.01 Å². The van der Waals surface area contributed by atoms with Gasteiger partial charge in [-0.2, -0.15) is 9.97 Å². The van der Waals surface area contributed by atoms with Gasteiger partial charge in [0.05, 0.1) is 0 Å². The third-order valence-electron chi connectivity index (χ3n) is 3.59. The molecule has 2 aromatic heterocycles. The second-order valence-electron chi connectivity index (χ2n) is 5.52. The number of rotatable bonds is 5. The van der Waals surface area contributed by atoms with Crippen LogP contribution in [-0.2, 0) is 6.61 Å². The quantitative estimate of drug-likeness (QED) is 0.597. The molecule has 2 aromatic carbocycles. The molecule has 0 spiro atoms. The number of ether oxygens (including phenoxy) is 2. The van der Waals surface area contributed by atoms with Gasteiger partial charge in [-0.1, -0.05) is 48.5 Å². The van der Waals surface area contributed by atoms with E-state index < -0.39 is 0 Å². The number of para-hydroxylation sites is 1. The summed E-state index contributed by atoms with van der Waals surface area (Å²) in [4.78, 5) is 16.3. The minimum absolute atomic E-state index is 0.202. The predicted molar refractivity (Wildman–Crippen MR) is 93.7 cm³/mol. The molecule has 0 unspecified atom stereocenters. The minimum atomic E-state index is 0.202. The maximum absolute atomic E-state index is 5.89. The molecule has 0 bridgehead atoms. The van der Waals surface area contributed by atoms with Gasteiger partial charge in [0.2, 0.25) is 5.88 Å². The predicted octanol–water partition coefficient (Wildman–Crippen LogP) is 4.03. The Morgan fingerprint density at radius 2 is 1.60 bits per heavy atom. The summed E-state index contributed by atoms with van der Waals surface area (Å²) in [6, 6.07) is 19.5. The van der Waals surface area contributed by atoms with Gasteiger partial charge in [-0.15, -0.1) is 0 Å². The van der Waals surface area contributed by atoms with Gasteiger partial charge >= 0.3 is 6.01 Å². The molecule has 0 amide bonds. The molecule has 0 saturated carbocycles. The average Bonchev–Trinajstić information content (AvgIpc) is 3.02. The van der Waals surface area contributed by atoms with Gasteiger partial charge in [0.1, 0.15) is 23.7 Å². The van der Waals surface area contributed by atoms with E-state index in [0.717, 1.165) is 11.4 Å². The van der Waals surface area contributed by atoms with Gasteiger partial charge in [0.25, 0.3) is 0 Å². The minimum Gasteiger partial charge on any atom is -0.471 e. The van der Waals surface area contributed by atoms with Crippen LogP contribution in [0.5, 0.6) is 17.6 Å². The number of imidazole rings is 1. The van der Waals surface area contributed by atoms with Crippen LogP contribution in [0.15, 0.2) is 60.7 Å². The van der Waals surface area contributed by atoms with E-state index in [4.69, 9.17) is 9.47 Å². The topological polar surface area (TPSA) is 72.9 Å². The Kier molecular flexibility index (Phi) is 4.00. The van der Waals surface area contributed by atoms with Crippen molar-refractivity contribution >= 4 is 11.2 Å². The highest BCUT2D eigenvalue weighted by molar-refractivity contribution is 5.76. The Morgan fingerprint density at radius 1 is 0.880 bits per heavy atom. The van der Waals surface area contributed by atoms with Crippen LogP contribution in [0.2, 0.25) is 0 Å². The van der Waals surface area contributed by atoms with Crippen molar-refractivity contribution in [2.24, 2.45) is 0 Å². The second-order valence-corrected chi connectivity index (χ2v) is 5.52. The molecule has 2 heterocycles. The highest BCUT2D eigenvalue weighted by Crippen LogP contribution is 2.26. The number of aryl methyl sites for hydroxylation is 1. The van der Waals surface area contributed by atoms with Crippen molar-refractivity contribution in [1.82, 2.24) is 19.9 Å². The van der Waals surface area contributed by atoms with Crippen LogP contribution in [0, 0.1) is 6.92 Å². The number of benzene rings is 2. The molecular weight excluding hydrogens is 316 g/mol. The van der Waals surface area contributed by atoms with Crippen LogP contribution < -0.4 is 9.47 Å². The van der Waals surface area contributed by atoms with Gasteiger partial charge in [-0.3, -0.25) is 0 Å². The van der Waals surface area contributed by atoms with Crippen molar-refractivity contribution in [2.75, 3.05) is 0 Å². The Morgan fingerprint density at radius 3 is 2.36 bits per heavy atom. The summed E-state index contributed by atoms with van der Waals surface area (Å²) in [5.74, 6) is 1.81. The van der Waals surface area contributed by atoms with Gasteiger partial charge in [-0.25, -0.2) is 4.98 Å². The van der Waals surface area contributed by atoms with Crippen LogP contribution in [0.1, 0.15) is 11.4 Å². The zero-order valence-electron chi connectivity index (χ0n) is 13.6. The monoisotopic (exact) mass is 332 g/mol. The van der Waals surface area contributed by atoms with Crippen molar-refractivity contribution in [3.8, 4) is 17.6 Å². The number of nitrogens with zero attached hydrogens (tertiary/aromatic N) is 3. The van der Waals surface area contributed by atoms with E-state index >= 15 is 0 Å². The first-order chi connectivity index (χ1) is 12.3. The van der Waals surface area contributed by atoms with Crippen LogP contribution in [-0.4, -0.2) is 19.9 Å². The van der Waals surface area contributed by atoms with E-state index in [0.29, 0.717) is 29.4 Å². The van der Waals surface area contributed by atoms with Crippen molar-refractivity contribution < 1.29 is 9.47 Å². The molecular formula is C19H16N4O2. The Balaban J connectivity index is 1.66. The number of H-pyrrole nitrogens is 1. The molecule has 25 heavy (non-hydrogen) atoms. The molecule has 0 aliphatic heterocycles. The third kappa shape index (κ3) is 3.42. The van der Waals surface area contributed by atoms with Crippen molar-refractivity contribution in [2.45, 2.75) is 13.5 Å². The maximum Gasteiger partial charge on any atom is 0.327 e. The molecule has 6 heteroatoms. The normalized spacial score (nSPS) is 10.8. The lowest BCUT2D eigenvalue weighted by atomic mass is 10.2. The molecule has 6 nitrogen and oxygen atoms in total. The number of fused-ring (bicyclic) bond motifs is 1. The van der Waals surface area contributed by atoms with Gasteiger partial charge in [0.15, 0.2) is 5.65 Å². The fourth-order valence-electron chi connectivity index (χ4n) is 2.44. The zero-order valence-corrected chi connectivity index (χ0v) is 13.6. The molecule has 0 radical (unpaired) electrons. The number of aromatic nitrogens is 4. The Labute approximate surface area is 144 Å². The molecule has 0 atom stereocenters. The first-order valence-electron chi connectivity index (χ1n) is 7.92. The molecule has 1 N–H and O–H groups in total. The molecule has 0 saturated heterocycles. The first-order valence-corrected chi connectivity index (χ1v) is 7.92. The SMILES string of the molecule is Cc1nc2nc(Oc3ccccc3)nc(OCc3ccccc3)c2[nH]1. The summed E-state index contributed by atoms with van der Waals surface area (Å²) in [7, 11) is 0. The first kappa shape index (κ1) is 15.1. The van der Waals surface area contributed by atoms with Crippen LogP contribution in [0.25, 0.3) is 11.2 Å². The fraction of sp³-hybridized carbons (Fsp3) is 0.105. The number of hydrogen-bond acceptors (Lipinski definition) is 5. The van der Waals surface area contributed by atoms with E-state index in [1.54, 1.807) is 0 Å². The summed E-state index contributed by atoms with van der Waals surface area (Å²) in [6.07, 6.45) is 0. The fourth-order valence-corrected chi connectivity index (χ4v) is 2.44. The lowest BCUT2D eigenvalue weighted by Crippen LogP contribution is -2.01. The summed E-state index contributed by atoms with van der Waals surface area (Å²) < 4.78 is 11.6. The van der Waals surface area contributed by atoms with Crippen LogP contribution in [0.4, 0.5) is 0 Å². The molecule has 0 fully saturated rings. The lowest BCUT2D eigenvalue weighted by Gasteiger charge is -2.08. The van der Waals surface area contributed by atoms with E-state index in [1.165, 1.54) is 0 Å². The zero-order chi connectivity index (χ0) is 17.1. The van der Waals surface area contributed by atoms with Gasteiger partial charge in [-0.05, 0) is 24.6 Å². The highest BCUT2D eigenvalue weighted by Gasteiger charge is 2.14. The largest absolute Gasteiger partial charge is 0.471 e. The summed E-state index contributed by atoms with van der Waals surface area (Å²) in [6.45, 7) is 2.26. The number of aromatic amines is 1. The molecule has 0 aliphatic carbocycles. The van der Waals surface area contributed by atoms with E-state index in [9.17, 15) is 0 Å². The number of hydrogen-bond donors (Lipinski definition) is 1. The molecule has 0 aliphatic rings. The smallest absolute Gasteiger partial charge is 0.327 e. The summed E-state index contributed by atoms with van der Waals surface area (Å²) >= 11 is 0. The van der Waals surface area contributed by atoms with Crippen molar-refractivity contribution in [1.29, 1.82) is 0 Å². The standard InChI is InChI=1S/C19H16N4O2/c1-13-20-16-17(21-13)22-19(25-15-10-6-3-7-11-15)23-18(16)24-12-14-8-4-2-5-9-14/h2-11H,12H2,1H3,(H,20,21,22,23). The van der Waals surface area contributed by atoms with Crippen molar-refractivity contribution in [3.05, 3.63) is 72.1 Å². The average molecular weight is 332 g/mol. The molecule has 4 rings (SSSR count). The van der Waals surface area contributed by atoms with E-state index in [1.807, 2.05) is 67.6 Å². The van der Waals surface area contributed by atoms with Gasteiger partial charge in [0, 0.05) is 0 Å².